The van der Waals surface area contributed by atoms with E-state index in [-0.39, 0.29) is 18.7 Å². The Kier molecular flexibility index (Phi) is 6.37. The van der Waals surface area contributed by atoms with Crippen LogP contribution in [0, 0.1) is 0 Å². The molecule has 6 nitrogen and oxygen atoms in total. The number of urea groups is 1. The Morgan fingerprint density at radius 3 is 2.12 bits per heavy atom. The van der Waals surface area contributed by atoms with Crippen molar-refractivity contribution in [3.63, 3.8) is 0 Å². The predicted octanol–water partition coefficient (Wildman–Crippen LogP) is 4.01. The molecule has 1 fully saturated rings. The maximum absolute atomic E-state index is 13.6. The molecule has 0 aliphatic carbocycles. The smallest absolute Gasteiger partial charge is 0.387 e. The monoisotopic (exact) mass is 452 g/mol. The van der Waals surface area contributed by atoms with Gasteiger partial charge in [-0.15, -0.1) is 0 Å². The second-order valence-corrected chi connectivity index (χ2v) is 7.74. The Balaban J connectivity index is 1.59. The van der Waals surface area contributed by atoms with Crippen molar-refractivity contribution < 1.29 is 28.2 Å². The quantitative estimate of drug-likeness (QED) is 0.506. The molecule has 33 heavy (non-hydrogen) atoms. The summed E-state index contributed by atoms with van der Waals surface area (Å²) in [7, 11) is 0. The first-order chi connectivity index (χ1) is 15.9. The van der Waals surface area contributed by atoms with Crippen LogP contribution in [0.5, 0.6) is 5.75 Å². The summed E-state index contributed by atoms with van der Waals surface area (Å²) >= 11 is 0. The van der Waals surface area contributed by atoms with Crippen molar-refractivity contribution in [2.45, 2.75) is 24.7 Å². The van der Waals surface area contributed by atoms with Crippen molar-refractivity contribution in [1.29, 1.82) is 0 Å². The Morgan fingerprint density at radius 2 is 1.52 bits per heavy atom. The summed E-state index contributed by atoms with van der Waals surface area (Å²) in [6, 6.07) is 23.1. The normalized spacial score (nSPS) is 19.0. The highest BCUT2D eigenvalue weighted by Gasteiger charge is 2.52. The number of nitrogens with zero attached hydrogens (tertiary/aromatic N) is 1. The highest BCUT2D eigenvalue weighted by Crippen LogP contribution is 2.34. The Hall–Kier alpha value is -3.78. The molecule has 0 bridgehead atoms. The van der Waals surface area contributed by atoms with Gasteiger partial charge in [0.15, 0.2) is 5.54 Å². The number of hydrogen-bond donors (Lipinski definition) is 2. The molecule has 3 amide bonds. The van der Waals surface area contributed by atoms with Gasteiger partial charge < -0.3 is 15.2 Å². The summed E-state index contributed by atoms with van der Waals surface area (Å²) in [6.07, 6.45) is -0.960. The third-order valence-corrected chi connectivity index (χ3v) is 5.60. The molecule has 1 saturated heterocycles. The minimum atomic E-state index is -2.96. The number of carbonyl (C=O) groups excluding carboxylic acids is 2. The van der Waals surface area contributed by atoms with E-state index in [9.17, 15) is 23.5 Å². The molecule has 1 aliphatic rings. The molecule has 3 aromatic carbocycles. The predicted molar refractivity (Wildman–Crippen MR) is 117 cm³/mol. The second-order valence-electron chi connectivity index (χ2n) is 7.74. The summed E-state index contributed by atoms with van der Waals surface area (Å²) < 4.78 is 29.0. The zero-order chi connectivity index (χ0) is 23.4. The van der Waals surface area contributed by atoms with Crippen molar-refractivity contribution >= 4 is 11.9 Å². The highest BCUT2D eigenvalue weighted by atomic mass is 19.3. The Morgan fingerprint density at radius 1 is 0.909 bits per heavy atom. The first kappa shape index (κ1) is 22.4. The molecule has 2 unspecified atom stereocenters. The fourth-order valence-electron chi connectivity index (χ4n) is 3.98. The standard InChI is InChI=1S/C25H22F2N2O4/c26-23(27)33-20-13-11-18(12-14-20)21(30)16-29-22(31)25(28-24(29)32,19-9-5-2-6-10-19)15-17-7-3-1-4-8-17/h1-14,21,23,30H,15-16H2,(H,28,32). The number of rotatable bonds is 8. The van der Waals surface area contributed by atoms with E-state index >= 15 is 0 Å². The molecule has 0 aromatic heterocycles. The van der Waals surface area contributed by atoms with Crippen LogP contribution in [-0.2, 0) is 16.8 Å². The maximum atomic E-state index is 13.6. The van der Waals surface area contributed by atoms with Crippen molar-refractivity contribution in [3.8, 4) is 5.75 Å². The van der Waals surface area contributed by atoms with Crippen LogP contribution in [0.2, 0.25) is 0 Å². The lowest BCUT2D eigenvalue weighted by molar-refractivity contribution is -0.132. The summed E-state index contributed by atoms with van der Waals surface area (Å²) in [6.45, 7) is -3.24. The summed E-state index contributed by atoms with van der Waals surface area (Å²) in [4.78, 5) is 27.5. The van der Waals surface area contributed by atoms with E-state index in [1.807, 2.05) is 36.4 Å². The molecule has 2 N–H and O–H groups in total. The zero-order valence-corrected chi connectivity index (χ0v) is 17.5. The van der Waals surface area contributed by atoms with Crippen LogP contribution in [-0.4, -0.2) is 35.1 Å². The molecule has 3 aromatic rings. The highest BCUT2D eigenvalue weighted by molar-refractivity contribution is 6.07. The summed E-state index contributed by atoms with van der Waals surface area (Å²) in [5, 5.41) is 13.5. The number of nitrogens with one attached hydrogen (secondary N) is 1. The van der Waals surface area contributed by atoms with Gasteiger partial charge in [-0.1, -0.05) is 72.8 Å². The maximum Gasteiger partial charge on any atom is 0.387 e. The van der Waals surface area contributed by atoms with E-state index in [0.717, 1.165) is 10.5 Å². The van der Waals surface area contributed by atoms with Gasteiger partial charge in [0.1, 0.15) is 5.75 Å². The number of β-amino-alcohol motifs (C(OH)–C–C–N with tert-alkyl or cyclic N) is 1. The van der Waals surface area contributed by atoms with Gasteiger partial charge in [-0.3, -0.25) is 9.69 Å². The van der Waals surface area contributed by atoms with Gasteiger partial charge in [0.25, 0.3) is 5.91 Å². The number of aliphatic hydroxyl groups is 1. The molecule has 1 aliphatic heterocycles. The van der Waals surface area contributed by atoms with Gasteiger partial charge in [-0.25, -0.2) is 4.79 Å². The number of alkyl halides is 2. The number of amides is 3. The van der Waals surface area contributed by atoms with Crippen LogP contribution in [0.15, 0.2) is 84.9 Å². The third-order valence-electron chi connectivity index (χ3n) is 5.60. The van der Waals surface area contributed by atoms with E-state index in [0.29, 0.717) is 11.1 Å². The Labute approximate surface area is 189 Å². The van der Waals surface area contributed by atoms with Crippen LogP contribution in [0.4, 0.5) is 13.6 Å². The number of imide groups is 1. The van der Waals surface area contributed by atoms with Crippen LogP contribution < -0.4 is 10.1 Å². The van der Waals surface area contributed by atoms with E-state index < -0.39 is 30.2 Å². The topological polar surface area (TPSA) is 78.9 Å². The number of carbonyl (C=O) groups is 2. The van der Waals surface area contributed by atoms with Crippen molar-refractivity contribution in [3.05, 3.63) is 102 Å². The van der Waals surface area contributed by atoms with Crippen molar-refractivity contribution in [2.75, 3.05) is 6.54 Å². The van der Waals surface area contributed by atoms with Crippen molar-refractivity contribution in [1.82, 2.24) is 10.2 Å². The second kappa shape index (κ2) is 9.38. The van der Waals surface area contributed by atoms with Gasteiger partial charge in [0.05, 0.1) is 12.6 Å². The fraction of sp³-hybridized carbons (Fsp3) is 0.200. The molecule has 170 valence electrons. The molecule has 1 heterocycles. The van der Waals surface area contributed by atoms with Crippen LogP contribution >= 0.6 is 0 Å². The number of halogens is 2. The van der Waals surface area contributed by atoms with Crippen LogP contribution in [0.25, 0.3) is 0 Å². The SMILES string of the molecule is O=C1NC(Cc2ccccc2)(c2ccccc2)C(=O)N1CC(O)c1ccc(OC(F)F)cc1. The lowest BCUT2D eigenvalue weighted by Crippen LogP contribution is -2.46. The van der Waals surface area contributed by atoms with Crippen molar-refractivity contribution in [2.24, 2.45) is 0 Å². The molecular formula is C25H22F2N2O4. The fourth-order valence-corrected chi connectivity index (χ4v) is 3.98. The minimum absolute atomic E-state index is 0.0538. The van der Waals surface area contributed by atoms with Gasteiger partial charge >= 0.3 is 12.6 Å². The molecular weight excluding hydrogens is 430 g/mol. The number of ether oxygens (including phenoxy) is 1. The molecule has 8 heteroatoms. The van der Waals surface area contributed by atoms with Gasteiger partial charge in [-0.2, -0.15) is 8.78 Å². The molecule has 2 atom stereocenters. The van der Waals surface area contributed by atoms with Gasteiger partial charge in [0.2, 0.25) is 0 Å². The average molecular weight is 452 g/mol. The van der Waals surface area contributed by atoms with E-state index in [1.165, 1.54) is 24.3 Å². The average Bonchev–Trinajstić information content (AvgIpc) is 3.05. The molecule has 0 spiro atoms. The molecule has 4 rings (SSSR count). The van der Waals surface area contributed by atoms with E-state index in [1.54, 1.807) is 24.3 Å². The first-order valence-electron chi connectivity index (χ1n) is 10.4. The number of benzene rings is 3. The van der Waals surface area contributed by atoms with Crippen LogP contribution in [0.3, 0.4) is 0 Å². The summed E-state index contributed by atoms with van der Waals surface area (Å²) in [5.74, 6) is -0.527. The lowest BCUT2D eigenvalue weighted by Gasteiger charge is -2.28. The van der Waals surface area contributed by atoms with Gasteiger partial charge in [0, 0.05) is 6.42 Å². The van der Waals surface area contributed by atoms with E-state index in [4.69, 9.17) is 0 Å². The molecule has 0 radical (unpaired) electrons. The Bertz CT molecular complexity index is 1110. The molecule has 0 saturated carbocycles. The summed E-state index contributed by atoms with van der Waals surface area (Å²) in [5.41, 5.74) is 0.552. The number of aliphatic hydroxyl groups excluding tert-OH is 1. The van der Waals surface area contributed by atoms with Crippen LogP contribution in [0.1, 0.15) is 22.8 Å². The number of hydrogen-bond acceptors (Lipinski definition) is 4. The zero-order valence-electron chi connectivity index (χ0n) is 17.5. The lowest BCUT2D eigenvalue weighted by atomic mass is 9.83. The third kappa shape index (κ3) is 4.70. The minimum Gasteiger partial charge on any atom is -0.435 e. The van der Waals surface area contributed by atoms with Gasteiger partial charge in [-0.05, 0) is 28.8 Å². The van der Waals surface area contributed by atoms with E-state index in [2.05, 4.69) is 10.1 Å². The first-order valence-corrected chi connectivity index (χ1v) is 10.4. The largest absolute Gasteiger partial charge is 0.435 e.